The number of hydrogen-bond acceptors (Lipinski definition) is 5. The largest absolute Gasteiger partial charge is 0.398 e. The van der Waals surface area contributed by atoms with Gasteiger partial charge in [0.1, 0.15) is 4.90 Å². The minimum absolute atomic E-state index is 0.0100. The van der Waals surface area contributed by atoms with Crippen molar-refractivity contribution >= 4 is 21.4 Å². The molecule has 1 aromatic carbocycles. The van der Waals surface area contributed by atoms with Gasteiger partial charge in [-0.3, -0.25) is 10.1 Å². The van der Waals surface area contributed by atoms with E-state index < -0.39 is 14.9 Å². The average molecular weight is 315 g/mol. The summed E-state index contributed by atoms with van der Waals surface area (Å²) in [5.41, 5.74) is 5.32. The van der Waals surface area contributed by atoms with Crippen LogP contribution in [0, 0.1) is 16.0 Å². The predicted octanol–water partition coefficient (Wildman–Crippen LogP) is 2.28. The molecule has 0 aliphatic carbocycles. The van der Waals surface area contributed by atoms with Crippen LogP contribution in [0.2, 0.25) is 0 Å². The van der Waals surface area contributed by atoms with Crippen LogP contribution < -0.4 is 10.5 Å². The Labute approximate surface area is 124 Å². The van der Waals surface area contributed by atoms with Crippen LogP contribution in [0.1, 0.15) is 33.6 Å². The maximum atomic E-state index is 12.3. The lowest BCUT2D eigenvalue weighted by Crippen LogP contribution is -2.33. The summed E-state index contributed by atoms with van der Waals surface area (Å²) in [5, 5.41) is 10.7. The molecule has 3 N–H and O–H groups in total. The van der Waals surface area contributed by atoms with E-state index in [2.05, 4.69) is 18.6 Å². The molecule has 0 heterocycles. The fraction of sp³-hybridized carbons (Fsp3) is 0.538. The highest BCUT2D eigenvalue weighted by atomic mass is 32.2. The summed E-state index contributed by atoms with van der Waals surface area (Å²) in [6, 6.07) is 3.12. The Balaban J connectivity index is 2.97. The van der Waals surface area contributed by atoms with Gasteiger partial charge < -0.3 is 5.73 Å². The first-order valence-corrected chi connectivity index (χ1v) is 8.18. The zero-order chi connectivity index (χ0) is 16.2. The number of nitrogens with one attached hydrogen (secondary N) is 1. The lowest BCUT2D eigenvalue weighted by molar-refractivity contribution is -0.385. The molecule has 7 nitrogen and oxygen atoms in total. The summed E-state index contributed by atoms with van der Waals surface area (Å²) in [4.78, 5) is 9.83. The standard InChI is InChI=1S/C13H21N3O4S/c1-9(2)4-5-10(3)15-21(19,20)13-8-11(16(17)18)6-7-12(13)14/h6-10,15H,4-5,14H2,1-3H3. The maximum absolute atomic E-state index is 12.3. The Morgan fingerprint density at radius 1 is 1.29 bits per heavy atom. The number of nitro benzene ring substituents is 1. The van der Waals surface area contributed by atoms with E-state index in [0.29, 0.717) is 12.3 Å². The van der Waals surface area contributed by atoms with Crippen molar-refractivity contribution in [2.24, 2.45) is 5.92 Å². The third-order valence-electron chi connectivity index (χ3n) is 3.03. The van der Waals surface area contributed by atoms with Crippen molar-refractivity contribution in [1.82, 2.24) is 4.72 Å². The van der Waals surface area contributed by atoms with Crippen LogP contribution in [0.4, 0.5) is 11.4 Å². The quantitative estimate of drug-likeness (QED) is 0.455. The Kier molecular flexibility index (Phi) is 5.68. The predicted molar refractivity (Wildman–Crippen MR) is 81.4 cm³/mol. The maximum Gasteiger partial charge on any atom is 0.270 e. The molecule has 0 fully saturated rings. The van der Waals surface area contributed by atoms with Crippen molar-refractivity contribution in [3.05, 3.63) is 28.3 Å². The topological polar surface area (TPSA) is 115 Å². The van der Waals surface area contributed by atoms with Gasteiger partial charge in [0.05, 0.1) is 10.6 Å². The average Bonchev–Trinajstić information content (AvgIpc) is 2.35. The molecule has 0 spiro atoms. The van der Waals surface area contributed by atoms with Crippen LogP contribution in [-0.4, -0.2) is 19.4 Å². The first-order valence-electron chi connectivity index (χ1n) is 6.69. The van der Waals surface area contributed by atoms with Crippen molar-refractivity contribution in [1.29, 1.82) is 0 Å². The molecule has 0 amide bonds. The third-order valence-corrected chi connectivity index (χ3v) is 4.68. The summed E-state index contributed by atoms with van der Waals surface area (Å²) in [6.07, 6.45) is 1.57. The number of rotatable bonds is 7. The van der Waals surface area contributed by atoms with Crippen LogP contribution >= 0.6 is 0 Å². The van der Waals surface area contributed by atoms with Crippen LogP contribution in [0.15, 0.2) is 23.1 Å². The molecular weight excluding hydrogens is 294 g/mol. The van der Waals surface area contributed by atoms with E-state index in [-0.39, 0.29) is 22.3 Å². The van der Waals surface area contributed by atoms with Crippen molar-refractivity contribution in [2.45, 2.75) is 44.6 Å². The lowest BCUT2D eigenvalue weighted by atomic mass is 10.1. The molecule has 0 radical (unpaired) electrons. The number of hydrogen-bond donors (Lipinski definition) is 2. The Hall–Kier alpha value is -1.67. The molecule has 1 rings (SSSR count). The fourth-order valence-corrected chi connectivity index (χ4v) is 3.27. The highest BCUT2D eigenvalue weighted by Crippen LogP contribution is 2.24. The number of sulfonamides is 1. The number of nitrogens with zero attached hydrogens (tertiary/aromatic N) is 1. The molecule has 0 aromatic heterocycles. The van der Waals surface area contributed by atoms with Gasteiger partial charge in [-0.15, -0.1) is 0 Å². The van der Waals surface area contributed by atoms with Crippen LogP contribution in [-0.2, 0) is 10.0 Å². The van der Waals surface area contributed by atoms with Gasteiger partial charge in [-0.1, -0.05) is 13.8 Å². The molecule has 0 aliphatic heterocycles. The molecule has 1 atom stereocenters. The van der Waals surface area contributed by atoms with Crippen molar-refractivity contribution < 1.29 is 13.3 Å². The normalized spacial score (nSPS) is 13.3. The smallest absolute Gasteiger partial charge is 0.270 e. The highest BCUT2D eigenvalue weighted by Gasteiger charge is 2.23. The van der Waals surface area contributed by atoms with Gasteiger partial charge in [0, 0.05) is 18.2 Å². The zero-order valence-corrected chi connectivity index (χ0v) is 13.2. The van der Waals surface area contributed by atoms with Crippen molar-refractivity contribution in [3.8, 4) is 0 Å². The van der Waals surface area contributed by atoms with Gasteiger partial charge in [-0.25, -0.2) is 13.1 Å². The molecule has 0 aliphatic rings. The van der Waals surface area contributed by atoms with Crippen LogP contribution in [0.3, 0.4) is 0 Å². The van der Waals surface area contributed by atoms with Gasteiger partial charge in [0.15, 0.2) is 0 Å². The number of non-ortho nitro benzene ring substituents is 1. The van der Waals surface area contributed by atoms with Crippen molar-refractivity contribution in [2.75, 3.05) is 5.73 Å². The Morgan fingerprint density at radius 3 is 2.43 bits per heavy atom. The van der Waals surface area contributed by atoms with Gasteiger partial charge >= 0.3 is 0 Å². The third kappa shape index (κ3) is 4.98. The van der Waals surface area contributed by atoms with E-state index in [1.54, 1.807) is 6.92 Å². The first-order chi connectivity index (χ1) is 9.63. The molecule has 118 valence electrons. The van der Waals surface area contributed by atoms with Gasteiger partial charge in [0.25, 0.3) is 5.69 Å². The fourth-order valence-electron chi connectivity index (χ4n) is 1.84. The highest BCUT2D eigenvalue weighted by molar-refractivity contribution is 7.89. The Morgan fingerprint density at radius 2 is 1.90 bits per heavy atom. The minimum Gasteiger partial charge on any atom is -0.398 e. The van der Waals surface area contributed by atoms with E-state index in [4.69, 9.17) is 5.73 Å². The van der Waals surface area contributed by atoms with Crippen LogP contribution in [0.5, 0.6) is 0 Å². The number of anilines is 1. The van der Waals surface area contributed by atoms with E-state index in [0.717, 1.165) is 12.5 Å². The zero-order valence-electron chi connectivity index (χ0n) is 12.4. The number of nitrogen functional groups attached to an aromatic ring is 1. The summed E-state index contributed by atoms with van der Waals surface area (Å²) in [5.74, 6) is 0.472. The minimum atomic E-state index is -3.87. The molecular formula is C13H21N3O4S. The number of nitrogens with two attached hydrogens (primary N) is 1. The molecule has 8 heteroatoms. The second-order valence-corrected chi connectivity index (χ2v) is 7.16. The second kappa shape index (κ2) is 6.86. The monoisotopic (exact) mass is 315 g/mol. The summed E-state index contributed by atoms with van der Waals surface area (Å²) in [7, 11) is -3.87. The number of benzene rings is 1. The van der Waals surface area contributed by atoms with E-state index >= 15 is 0 Å². The van der Waals surface area contributed by atoms with Crippen molar-refractivity contribution in [3.63, 3.8) is 0 Å². The molecule has 0 saturated heterocycles. The molecule has 21 heavy (non-hydrogen) atoms. The number of nitro groups is 1. The van der Waals surface area contributed by atoms with E-state index in [1.807, 2.05) is 0 Å². The van der Waals surface area contributed by atoms with Gasteiger partial charge in [-0.2, -0.15) is 0 Å². The SMILES string of the molecule is CC(C)CCC(C)NS(=O)(=O)c1cc([N+](=O)[O-])ccc1N. The second-order valence-electron chi connectivity index (χ2n) is 5.47. The van der Waals surface area contributed by atoms with E-state index in [9.17, 15) is 18.5 Å². The molecule has 0 saturated carbocycles. The van der Waals surface area contributed by atoms with Crippen LogP contribution in [0.25, 0.3) is 0 Å². The first kappa shape index (κ1) is 17.4. The Bertz CT molecular complexity index is 614. The van der Waals surface area contributed by atoms with Gasteiger partial charge in [-0.05, 0) is 31.7 Å². The summed E-state index contributed by atoms with van der Waals surface area (Å²) in [6.45, 7) is 5.87. The molecule has 0 bridgehead atoms. The lowest BCUT2D eigenvalue weighted by Gasteiger charge is -2.16. The molecule has 1 unspecified atom stereocenters. The summed E-state index contributed by atoms with van der Waals surface area (Å²) >= 11 is 0. The molecule has 1 aromatic rings. The van der Waals surface area contributed by atoms with Gasteiger partial charge in [0.2, 0.25) is 10.0 Å². The summed E-state index contributed by atoms with van der Waals surface area (Å²) < 4.78 is 27.0. The van der Waals surface area contributed by atoms with E-state index in [1.165, 1.54) is 12.1 Å².